The second-order valence-electron chi connectivity index (χ2n) is 3.66. The summed E-state index contributed by atoms with van der Waals surface area (Å²) < 4.78 is 6.18. The number of hydrogen-bond donors (Lipinski definition) is 1. The van der Waals surface area contributed by atoms with E-state index >= 15 is 0 Å². The average Bonchev–Trinajstić information content (AvgIpc) is 2.69. The molecule has 1 heterocycles. The molecule has 1 aromatic heterocycles. The molecule has 16 heavy (non-hydrogen) atoms. The molecule has 0 aliphatic rings. The molecule has 0 spiro atoms. The van der Waals surface area contributed by atoms with Crippen molar-refractivity contribution in [1.82, 2.24) is 15.0 Å². The highest BCUT2D eigenvalue weighted by Crippen LogP contribution is 2.16. The van der Waals surface area contributed by atoms with E-state index in [1.165, 1.54) is 7.11 Å². The molecule has 0 bridgehead atoms. The van der Waals surface area contributed by atoms with E-state index in [0.717, 1.165) is 0 Å². The Bertz CT molecular complexity index is 373. The van der Waals surface area contributed by atoms with Crippen LogP contribution in [0.3, 0.4) is 0 Å². The van der Waals surface area contributed by atoms with E-state index in [-0.39, 0.29) is 11.7 Å². The van der Waals surface area contributed by atoms with E-state index < -0.39 is 12.1 Å². The summed E-state index contributed by atoms with van der Waals surface area (Å²) in [4.78, 5) is 11.4. The fourth-order valence-electron chi connectivity index (χ4n) is 1.43. The van der Waals surface area contributed by atoms with E-state index in [9.17, 15) is 9.90 Å². The van der Waals surface area contributed by atoms with Crippen molar-refractivity contribution in [2.45, 2.75) is 39.3 Å². The SMILES string of the molecule is CCc1c(C(=O)OC)nnn1C(C)C(C)O. The second-order valence-corrected chi connectivity index (χ2v) is 3.66. The van der Waals surface area contributed by atoms with Gasteiger partial charge in [-0.3, -0.25) is 0 Å². The predicted octanol–water partition coefficient (Wildman–Crippen LogP) is 0.569. The van der Waals surface area contributed by atoms with Crippen molar-refractivity contribution in [2.24, 2.45) is 0 Å². The molecule has 6 heteroatoms. The quantitative estimate of drug-likeness (QED) is 0.761. The highest BCUT2D eigenvalue weighted by Gasteiger charge is 2.23. The second kappa shape index (κ2) is 5.07. The first-order valence-electron chi connectivity index (χ1n) is 5.23. The molecule has 0 saturated carbocycles. The third kappa shape index (κ3) is 2.21. The van der Waals surface area contributed by atoms with Gasteiger partial charge in [-0.1, -0.05) is 12.1 Å². The van der Waals surface area contributed by atoms with Gasteiger partial charge < -0.3 is 9.84 Å². The zero-order valence-electron chi connectivity index (χ0n) is 9.97. The number of aliphatic hydroxyl groups excluding tert-OH is 1. The van der Waals surface area contributed by atoms with Crippen LogP contribution in [0.4, 0.5) is 0 Å². The van der Waals surface area contributed by atoms with Crippen molar-refractivity contribution in [3.8, 4) is 0 Å². The average molecular weight is 227 g/mol. The number of nitrogens with zero attached hydrogens (tertiary/aromatic N) is 3. The topological polar surface area (TPSA) is 77.2 Å². The molecule has 2 atom stereocenters. The van der Waals surface area contributed by atoms with E-state index in [0.29, 0.717) is 12.1 Å². The van der Waals surface area contributed by atoms with Gasteiger partial charge in [-0.15, -0.1) is 5.10 Å². The van der Waals surface area contributed by atoms with Crippen molar-refractivity contribution in [1.29, 1.82) is 0 Å². The van der Waals surface area contributed by atoms with Gasteiger partial charge in [0.05, 0.1) is 24.9 Å². The molecule has 0 aliphatic carbocycles. The highest BCUT2D eigenvalue weighted by atomic mass is 16.5. The van der Waals surface area contributed by atoms with Crippen LogP contribution in [0.5, 0.6) is 0 Å². The Morgan fingerprint density at radius 3 is 2.62 bits per heavy atom. The van der Waals surface area contributed by atoms with Crippen LogP contribution in [-0.4, -0.2) is 39.3 Å². The number of esters is 1. The molecule has 0 radical (unpaired) electrons. The Labute approximate surface area is 94.2 Å². The minimum atomic E-state index is -0.558. The Hall–Kier alpha value is -1.43. The fraction of sp³-hybridized carbons (Fsp3) is 0.700. The zero-order chi connectivity index (χ0) is 12.3. The molecule has 2 unspecified atom stereocenters. The Kier molecular flexibility index (Phi) is 4.00. The third-order valence-electron chi connectivity index (χ3n) is 2.59. The summed E-state index contributed by atoms with van der Waals surface area (Å²) in [7, 11) is 1.30. The van der Waals surface area contributed by atoms with Gasteiger partial charge in [-0.25, -0.2) is 9.48 Å². The van der Waals surface area contributed by atoms with Crippen LogP contribution in [0.25, 0.3) is 0 Å². The first-order chi connectivity index (χ1) is 7.52. The van der Waals surface area contributed by atoms with Gasteiger partial charge in [0.1, 0.15) is 0 Å². The van der Waals surface area contributed by atoms with Gasteiger partial charge in [0.15, 0.2) is 5.69 Å². The van der Waals surface area contributed by atoms with Gasteiger partial charge in [-0.05, 0) is 20.3 Å². The zero-order valence-corrected chi connectivity index (χ0v) is 9.97. The Morgan fingerprint density at radius 1 is 1.56 bits per heavy atom. The highest BCUT2D eigenvalue weighted by molar-refractivity contribution is 5.88. The van der Waals surface area contributed by atoms with Gasteiger partial charge in [-0.2, -0.15) is 0 Å². The molecule has 90 valence electrons. The van der Waals surface area contributed by atoms with Crippen LogP contribution in [-0.2, 0) is 11.2 Å². The first-order valence-corrected chi connectivity index (χ1v) is 5.23. The van der Waals surface area contributed by atoms with Gasteiger partial charge in [0.2, 0.25) is 0 Å². The molecule has 0 amide bonds. The first kappa shape index (κ1) is 12.6. The number of methoxy groups -OCH3 is 1. The van der Waals surface area contributed by atoms with Crippen LogP contribution in [0.15, 0.2) is 0 Å². The van der Waals surface area contributed by atoms with E-state index in [4.69, 9.17) is 0 Å². The Balaban J connectivity index is 3.13. The number of rotatable bonds is 4. The predicted molar refractivity (Wildman–Crippen MR) is 57.1 cm³/mol. The summed E-state index contributed by atoms with van der Waals surface area (Å²) in [6.07, 6.45) is 0.0478. The maximum atomic E-state index is 11.4. The standard InChI is InChI=1S/C10H17N3O3/c1-5-8-9(10(15)16-4)11-12-13(8)6(2)7(3)14/h6-7,14H,5H2,1-4H3. The number of carbonyl (C=O) groups is 1. The number of hydrogen-bond acceptors (Lipinski definition) is 5. The van der Waals surface area contributed by atoms with Crippen molar-refractivity contribution in [2.75, 3.05) is 7.11 Å². The summed E-state index contributed by atoms with van der Waals surface area (Å²) in [5.41, 5.74) is 0.901. The van der Waals surface area contributed by atoms with Crippen molar-refractivity contribution >= 4 is 5.97 Å². The summed E-state index contributed by atoms with van der Waals surface area (Å²) in [5.74, 6) is -0.499. The van der Waals surface area contributed by atoms with Gasteiger partial charge in [0, 0.05) is 0 Å². The normalized spacial score (nSPS) is 14.6. The molecular weight excluding hydrogens is 210 g/mol. The minimum Gasteiger partial charge on any atom is -0.464 e. The van der Waals surface area contributed by atoms with Crippen LogP contribution >= 0.6 is 0 Å². The van der Waals surface area contributed by atoms with E-state index in [1.807, 2.05) is 13.8 Å². The number of aromatic nitrogens is 3. The summed E-state index contributed by atoms with van der Waals surface area (Å²) >= 11 is 0. The molecule has 0 aliphatic heterocycles. The van der Waals surface area contributed by atoms with Crippen LogP contribution in [0.1, 0.15) is 43.0 Å². The summed E-state index contributed by atoms with van der Waals surface area (Å²) in [6, 6.07) is -0.221. The molecule has 1 rings (SSSR count). The third-order valence-corrected chi connectivity index (χ3v) is 2.59. The monoisotopic (exact) mass is 227 g/mol. The smallest absolute Gasteiger partial charge is 0.360 e. The lowest BCUT2D eigenvalue weighted by atomic mass is 10.2. The molecule has 1 N–H and O–H groups in total. The Morgan fingerprint density at radius 2 is 2.19 bits per heavy atom. The van der Waals surface area contributed by atoms with Crippen LogP contribution in [0.2, 0.25) is 0 Å². The molecule has 1 aromatic rings. The van der Waals surface area contributed by atoms with Crippen LogP contribution < -0.4 is 0 Å². The number of carbonyl (C=O) groups excluding carboxylic acids is 1. The lowest BCUT2D eigenvalue weighted by Crippen LogP contribution is -2.21. The summed E-state index contributed by atoms with van der Waals surface area (Å²) in [5, 5.41) is 17.2. The number of aliphatic hydroxyl groups is 1. The van der Waals surface area contributed by atoms with Crippen molar-refractivity contribution < 1.29 is 14.6 Å². The van der Waals surface area contributed by atoms with Crippen LogP contribution in [0, 0.1) is 0 Å². The number of ether oxygens (including phenoxy) is 1. The van der Waals surface area contributed by atoms with E-state index in [2.05, 4.69) is 15.0 Å². The molecular formula is C10H17N3O3. The summed E-state index contributed by atoms with van der Waals surface area (Å²) in [6.45, 7) is 5.39. The molecule has 0 saturated heterocycles. The van der Waals surface area contributed by atoms with Crippen molar-refractivity contribution in [3.63, 3.8) is 0 Å². The van der Waals surface area contributed by atoms with E-state index in [1.54, 1.807) is 11.6 Å². The fourth-order valence-corrected chi connectivity index (χ4v) is 1.43. The largest absolute Gasteiger partial charge is 0.464 e. The molecule has 0 aromatic carbocycles. The van der Waals surface area contributed by atoms with Gasteiger partial charge in [0.25, 0.3) is 0 Å². The van der Waals surface area contributed by atoms with Gasteiger partial charge >= 0.3 is 5.97 Å². The molecule has 0 fully saturated rings. The lowest BCUT2D eigenvalue weighted by molar-refractivity contribution is 0.0592. The maximum absolute atomic E-state index is 11.4. The minimum absolute atomic E-state index is 0.220. The maximum Gasteiger partial charge on any atom is 0.360 e. The molecule has 6 nitrogen and oxygen atoms in total. The lowest BCUT2D eigenvalue weighted by Gasteiger charge is -2.16. The van der Waals surface area contributed by atoms with Crippen molar-refractivity contribution in [3.05, 3.63) is 11.4 Å².